The Balaban J connectivity index is 4.91. The minimum Gasteiger partial charge on any atom is -0.410 e. The van der Waals surface area contributed by atoms with Gasteiger partial charge in [-0.2, -0.15) is 0 Å². The summed E-state index contributed by atoms with van der Waals surface area (Å²) in [6.45, 7) is 18.4. The molecule has 2 atom stereocenters. The molecule has 24 heavy (non-hydrogen) atoms. The number of allylic oxidation sites excluding steroid dienone is 3. The van der Waals surface area contributed by atoms with E-state index >= 15 is 0 Å². The lowest BCUT2D eigenvalue weighted by Gasteiger charge is -2.39. The Labute approximate surface area is 166 Å². The summed E-state index contributed by atoms with van der Waals surface area (Å²) < 4.78 is 8.75. The van der Waals surface area contributed by atoms with Crippen molar-refractivity contribution in [3.63, 3.8) is 0 Å². The van der Waals surface area contributed by atoms with Crippen molar-refractivity contribution in [1.29, 1.82) is 0 Å². The molecule has 0 N–H and O–H groups in total. The van der Waals surface area contributed by atoms with Crippen molar-refractivity contribution in [3.8, 4) is 0 Å². The minimum absolute atomic E-state index is 0.191. The summed E-state index contributed by atoms with van der Waals surface area (Å²) in [5, 5.41) is 0.242. The standard InChI is InChI=1S/C21H39IOSi/c1-9-18(2)14-11-10-12-15-19(3)20(16-13-17-22)23-24(7,8)21(4,5)6/h10,12-13,15,17-18,20H,9,11,14,16H2,1-8H3/b12-10+,17-13+,19-15+/t18-,20?/m0/s1. The summed E-state index contributed by atoms with van der Waals surface area (Å²) in [5.41, 5.74) is 1.33. The Morgan fingerprint density at radius 3 is 2.33 bits per heavy atom. The lowest BCUT2D eigenvalue weighted by atomic mass is 10.0. The van der Waals surface area contributed by atoms with E-state index in [4.69, 9.17) is 4.43 Å². The van der Waals surface area contributed by atoms with Crippen molar-refractivity contribution in [2.75, 3.05) is 0 Å². The van der Waals surface area contributed by atoms with Gasteiger partial charge in [-0.3, -0.25) is 0 Å². The summed E-state index contributed by atoms with van der Waals surface area (Å²) in [7, 11) is -1.76. The number of hydrogen-bond donors (Lipinski definition) is 0. The highest BCUT2D eigenvalue weighted by Gasteiger charge is 2.39. The molecule has 0 rings (SSSR count). The van der Waals surface area contributed by atoms with Crippen LogP contribution in [0.1, 0.15) is 67.2 Å². The summed E-state index contributed by atoms with van der Waals surface area (Å²) in [6, 6.07) is 0. The van der Waals surface area contributed by atoms with Crippen LogP contribution in [0, 0.1) is 5.92 Å². The third-order valence-electron chi connectivity index (χ3n) is 5.21. The van der Waals surface area contributed by atoms with Crippen LogP contribution in [0.3, 0.4) is 0 Å². The largest absolute Gasteiger partial charge is 0.410 e. The quantitative estimate of drug-likeness (QED) is 0.181. The van der Waals surface area contributed by atoms with Gasteiger partial charge in [-0.25, -0.2) is 0 Å². The van der Waals surface area contributed by atoms with Crippen LogP contribution in [0.5, 0.6) is 0 Å². The Hall–Kier alpha value is 0.127. The zero-order valence-electron chi connectivity index (χ0n) is 17.2. The highest BCUT2D eigenvalue weighted by Crippen LogP contribution is 2.38. The Kier molecular flexibility index (Phi) is 11.7. The molecule has 1 nitrogen and oxygen atoms in total. The van der Waals surface area contributed by atoms with Gasteiger partial charge in [0.05, 0.1) is 6.10 Å². The molecule has 140 valence electrons. The van der Waals surface area contributed by atoms with Crippen molar-refractivity contribution in [2.24, 2.45) is 5.92 Å². The molecule has 0 aliphatic heterocycles. The zero-order valence-corrected chi connectivity index (χ0v) is 20.3. The molecule has 0 heterocycles. The maximum absolute atomic E-state index is 6.66. The Morgan fingerprint density at radius 2 is 1.83 bits per heavy atom. The van der Waals surface area contributed by atoms with Crippen LogP contribution >= 0.6 is 22.6 Å². The number of hydrogen-bond acceptors (Lipinski definition) is 1. The lowest BCUT2D eigenvalue weighted by Crippen LogP contribution is -2.44. The van der Waals surface area contributed by atoms with Crippen molar-refractivity contribution < 1.29 is 4.43 Å². The number of rotatable bonds is 10. The molecule has 0 amide bonds. The first-order chi connectivity index (χ1) is 11.0. The van der Waals surface area contributed by atoms with Gasteiger partial charge in [-0.15, -0.1) is 0 Å². The first-order valence-corrected chi connectivity index (χ1v) is 13.5. The molecule has 3 heteroatoms. The van der Waals surface area contributed by atoms with E-state index in [0.717, 1.165) is 12.3 Å². The molecular weight excluding hydrogens is 423 g/mol. The van der Waals surface area contributed by atoms with E-state index in [1.54, 1.807) is 0 Å². The van der Waals surface area contributed by atoms with E-state index in [9.17, 15) is 0 Å². The fourth-order valence-corrected chi connectivity index (χ4v) is 3.68. The predicted molar refractivity (Wildman–Crippen MR) is 121 cm³/mol. The average Bonchev–Trinajstić information content (AvgIpc) is 2.49. The SMILES string of the molecule is CC[C@H](C)CC/C=C/C=C(\C)C(C/C=C/I)O[Si](C)(C)C(C)(C)C. The van der Waals surface area contributed by atoms with Crippen LogP contribution in [0.4, 0.5) is 0 Å². The monoisotopic (exact) mass is 462 g/mol. The van der Waals surface area contributed by atoms with E-state index in [1.165, 1.54) is 24.8 Å². The molecule has 1 unspecified atom stereocenters. The fraction of sp³-hybridized carbons (Fsp3) is 0.714. The lowest BCUT2D eigenvalue weighted by molar-refractivity contribution is 0.217. The maximum atomic E-state index is 6.66. The molecule has 0 aromatic rings. The summed E-state index contributed by atoms with van der Waals surface area (Å²) >= 11 is 2.29. The molecule has 0 saturated heterocycles. The second-order valence-corrected chi connectivity index (χ2v) is 13.9. The van der Waals surface area contributed by atoms with Crippen molar-refractivity contribution in [1.82, 2.24) is 0 Å². The average molecular weight is 463 g/mol. The first kappa shape index (κ1) is 24.1. The van der Waals surface area contributed by atoms with E-state index in [1.807, 2.05) is 0 Å². The zero-order chi connectivity index (χ0) is 18.8. The summed E-state index contributed by atoms with van der Waals surface area (Å²) in [6.07, 6.45) is 13.8. The van der Waals surface area contributed by atoms with Gasteiger partial charge in [0, 0.05) is 0 Å². The van der Waals surface area contributed by atoms with Gasteiger partial charge < -0.3 is 4.43 Å². The minimum atomic E-state index is -1.76. The van der Waals surface area contributed by atoms with Gasteiger partial charge in [0.2, 0.25) is 0 Å². The second kappa shape index (κ2) is 11.7. The van der Waals surface area contributed by atoms with E-state index in [-0.39, 0.29) is 11.1 Å². The van der Waals surface area contributed by atoms with E-state index < -0.39 is 8.32 Å². The van der Waals surface area contributed by atoms with Crippen LogP contribution < -0.4 is 0 Å². The van der Waals surface area contributed by atoms with Crippen LogP contribution in [0.2, 0.25) is 18.1 Å². The molecule has 0 spiro atoms. The predicted octanol–water partition coefficient (Wildman–Crippen LogP) is 8.04. The van der Waals surface area contributed by atoms with Gasteiger partial charge in [-0.1, -0.05) is 87.9 Å². The van der Waals surface area contributed by atoms with Crippen LogP contribution in [0.25, 0.3) is 0 Å². The summed E-state index contributed by atoms with van der Waals surface area (Å²) in [5.74, 6) is 0.822. The smallest absolute Gasteiger partial charge is 0.192 e. The highest BCUT2D eigenvalue weighted by atomic mass is 127. The second-order valence-electron chi connectivity index (χ2n) is 8.39. The third-order valence-corrected chi connectivity index (χ3v) is 10.2. The molecule has 0 saturated carbocycles. The molecular formula is C21H39IOSi. The maximum Gasteiger partial charge on any atom is 0.192 e. The molecule has 0 aliphatic rings. The van der Waals surface area contributed by atoms with Gasteiger partial charge in [0.25, 0.3) is 0 Å². The van der Waals surface area contributed by atoms with Gasteiger partial charge in [0.15, 0.2) is 8.32 Å². The first-order valence-electron chi connectivity index (χ1n) is 9.31. The van der Waals surface area contributed by atoms with E-state index in [2.05, 4.69) is 106 Å². The van der Waals surface area contributed by atoms with Crippen molar-refractivity contribution in [2.45, 2.75) is 91.5 Å². The van der Waals surface area contributed by atoms with E-state index in [0.29, 0.717) is 0 Å². The highest BCUT2D eigenvalue weighted by molar-refractivity contribution is 14.1. The molecule has 0 aromatic carbocycles. The van der Waals surface area contributed by atoms with Gasteiger partial charge in [-0.05, 0) is 59.9 Å². The van der Waals surface area contributed by atoms with Gasteiger partial charge in [0.1, 0.15) is 0 Å². The number of halogens is 1. The van der Waals surface area contributed by atoms with Crippen LogP contribution in [-0.4, -0.2) is 14.4 Å². The van der Waals surface area contributed by atoms with Crippen LogP contribution in [-0.2, 0) is 4.43 Å². The summed E-state index contributed by atoms with van der Waals surface area (Å²) in [4.78, 5) is 0. The fourth-order valence-electron chi connectivity index (χ4n) is 2.04. The van der Waals surface area contributed by atoms with Gasteiger partial charge >= 0.3 is 0 Å². The molecule has 0 fully saturated rings. The Morgan fingerprint density at radius 1 is 1.21 bits per heavy atom. The molecule has 0 radical (unpaired) electrons. The van der Waals surface area contributed by atoms with Crippen molar-refractivity contribution in [3.05, 3.63) is 34.0 Å². The van der Waals surface area contributed by atoms with Crippen LogP contribution in [0.15, 0.2) is 34.0 Å². The topological polar surface area (TPSA) is 9.23 Å². The molecule has 0 aliphatic carbocycles. The molecule has 0 bridgehead atoms. The Bertz CT molecular complexity index is 430. The normalized spacial score (nSPS) is 17.0. The molecule has 0 aromatic heterocycles. The third kappa shape index (κ3) is 9.57. The van der Waals surface area contributed by atoms with Crippen molar-refractivity contribution >= 4 is 30.9 Å².